The molecule has 0 aliphatic heterocycles. The molecule has 0 radical (unpaired) electrons. The predicted molar refractivity (Wildman–Crippen MR) is 43.4 cm³/mol. The fourth-order valence-electron chi connectivity index (χ4n) is 0.873. The minimum Gasteiger partial charge on any atom is -0.102 e. The second kappa shape index (κ2) is 5.61. The van der Waals surface area contributed by atoms with Crippen LogP contribution < -0.4 is 0 Å². The summed E-state index contributed by atoms with van der Waals surface area (Å²) in [6.45, 7) is 7.99. The fraction of sp³-hybridized carbons (Fsp3) is 0.556. The highest BCUT2D eigenvalue weighted by molar-refractivity contribution is 4.95. The molecule has 52 valence electrons. The van der Waals surface area contributed by atoms with E-state index in [1.54, 1.807) is 0 Å². The molecule has 0 saturated heterocycles. The van der Waals surface area contributed by atoms with E-state index in [1.807, 2.05) is 13.0 Å². The van der Waals surface area contributed by atoms with Crippen LogP contribution in [0.3, 0.4) is 0 Å². The van der Waals surface area contributed by atoms with Crippen molar-refractivity contribution in [1.29, 1.82) is 0 Å². The molecule has 9 heavy (non-hydrogen) atoms. The van der Waals surface area contributed by atoms with E-state index in [-0.39, 0.29) is 0 Å². The van der Waals surface area contributed by atoms with Crippen LogP contribution in [0.1, 0.15) is 26.7 Å². The minimum atomic E-state index is 0.597. The summed E-state index contributed by atoms with van der Waals surface area (Å²) < 4.78 is 0. The van der Waals surface area contributed by atoms with Gasteiger partial charge in [0.1, 0.15) is 0 Å². The molecule has 0 heterocycles. The third-order valence-corrected chi connectivity index (χ3v) is 1.36. The lowest BCUT2D eigenvalue weighted by Crippen LogP contribution is -1.88. The van der Waals surface area contributed by atoms with Crippen molar-refractivity contribution in [1.82, 2.24) is 0 Å². The summed E-state index contributed by atoms with van der Waals surface area (Å²) in [6, 6.07) is 0. The van der Waals surface area contributed by atoms with E-state index in [4.69, 9.17) is 0 Å². The number of hydrogen-bond acceptors (Lipinski definition) is 0. The number of allylic oxidation sites excluding steroid dienone is 3. The maximum absolute atomic E-state index is 3.75. The van der Waals surface area contributed by atoms with Crippen molar-refractivity contribution in [3.8, 4) is 0 Å². The minimum absolute atomic E-state index is 0.597. The molecule has 0 aromatic rings. The van der Waals surface area contributed by atoms with Gasteiger partial charge in [0.05, 0.1) is 0 Å². The summed E-state index contributed by atoms with van der Waals surface area (Å²) >= 11 is 0. The maximum Gasteiger partial charge on any atom is -0.00564 e. The fourth-order valence-corrected chi connectivity index (χ4v) is 0.873. The smallest absolute Gasteiger partial charge is 0.00564 e. The average Bonchev–Trinajstić information content (AvgIpc) is 1.88. The van der Waals surface area contributed by atoms with Gasteiger partial charge in [-0.1, -0.05) is 31.6 Å². The standard InChI is InChI=1S/C9H16/c1-4-7-9(6-3)8-5-2/h4,6-7,9H,3,5,8H2,1-2H3/b7-4+. The molecule has 0 aliphatic rings. The quantitative estimate of drug-likeness (QED) is 0.505. The van der Waals surface area contributed by atoms with Crippen molar-refractivity contribution < 1.29 is 0 Å². The average molecular weight is 124 g/mol. The molecular weight excluding hydrogens is 108 g/mol. The zero-order valence-electron chi connectivity index (χ0n) is 6.43. The van der Waals surface area contributed by atoms with Crippen LogP contribution in [-0.4, -0.2) is 0 Å². The van der Waals surface area contributed by atoms with Crippen LogP contribution in [0, 0.1) is 5.92 Å². The van der Waals surface area contributed by atoms with Crippen molar-refractivity contribution in [3.63, 3.8) is 0 Å². The normalized spacial score (nSPS) is 14.0. The first-order chi connectivity index (χ1) is 4.35. The first kappa shape index (κ1) is 8.48. The lowest BCUT2D eigenvalue weighted by Gasteiger charge is -2.02. The second-order valence-electron chi connectivity index (χ2n) is 2.21. The third kappa shape index (κ3) is 4.01. The molecule has 0 heteroatoms. The van der Waals surface area contributed by atoms with Gasteiger partial charge in [0.25, 0.3) is 0 Å². The van der Waals surface area contributed by atoms with Crippen molar-refractivity contribution in [3.05, 3.63) is 24.8 Å². The summed E-state index contributed by atoms with van der Waals surface area (Å²) in [5, 5.41) is 0. The molecule has 0 nitrogen and oxygen atoms in total. The van der Waals surface area contributed by atoms with Crippen molar-refractivity contribution >= 4 is 0 Å². The molecule has 0 saturated carbocycles. The molecule has 1 atom stereocenters. The van der Waals surface area contributed by atoms with Gasteiger partial charge in [0.15, 0.2) is 0 Å². The van der Waals surface area contributed by atoms with Crippen LogP contribution >= 0.6 is 0 Å². The van der Waals surface area contributed by atoms with E-state index in [2.05, 4.69) is 25.7 Å². The van der Waals surface area contributed by atoms with Crippen LogP contribution in [0.25, 0.3) is 0 Å². The SMILES string of the molecule is C=CC(/C=C/C)CCC. The summed E-state index contributed by atoms with van der Waals surface area (Å²) in [4.78, 5) is 0. The molecule has 1 unspecified atom stereocenters. The van der Waals surface area contributed by atoms with Gasteiger partial charge in [0, 0.05) is 0 Å². The van der Waals surface area contributed by atoms with E-state index < -0.39 is 0 Å². The van der Waals surface area contributed by atoms with E-state index >= 15 is 0 Å². The number of hydrogen-bond donors (Lipinski definition) is 0. The lowest BCUT2D eigenvalue weighted by molar-refractivity contribution is 0.691. The highest BCUT2D eigenvalue weighted by atomic mass is 14.0. The Morgan fingerprint density at radius 2 is 2.22 bits per heavy atom. The second-order valence-corrected chi connectivity index (χ2v) is 2.21. The molecule has 0 spiro atoms. The van der Waals surface area contributed by atoms with Gasteiger partial charge in [-0.05, 0) is 19.3 Å². The molecule has 0 aromatic heterocycles. The van der Waals surface area contributed by atoms with Crippen molar-refractivity contribution in [2.45, 2.75) is 26.7 Å². The Labute approximate surface area is 58.3 Å². The van der Waals surface area contributed by atoms with Gasteiger partial charge >= 0.3 is 0 Å². The van der Waals surface area contributed by atoms with Gasteiger partial charge < -0.3 is 0 Å². The van der Waals surface area contributed by atoms with E-state index in [0.717, 1.165) is 0 Å². The summed E-state index contributed by atoms with van der Waals surface area (Å²) in [6.07, 6.45) is 8.75. The summed E-state index contributed by atoms with van der Waals surface area (Å²) in [7, 11) is 0. The molecule has 0 aliphatic carbocycles. The Hall–Kier alpha value is -0.520. The van der Waals surface area contributed by atoms with Gasteiger partial charge in [-0.3, -0.25) is 0 Å². The molecule has 0 fully saturated rings. The van der Waals surface area contributed by atoms with Crippen LogP contribution in [0.4, 0.5) is 0 Å². The molecule has 0 bridgehead atoms. The first-order valence-corrected chi connectivity index (χ1v) is 3.60. The molecule has 0 aromatic carbocycles. The Morgan fingerprint density at radius 1 is 1.56 bits per heavy atom. The van der Waals surface area contributed by atoms with Crippen molar-refractivity contribution in [2.75, 3.05) is 0 Å². The predicted octanol–water partition coefficient (Wildman–Crippen LogP) is 3.16. The van der Waals surface area contributed by atoms with Crippen LogP contribution in [0.5, 0.6) is 0 Å². The Morgan fingerprint density at radius 3 is 2.56 bits per heavy atom. The Bertz CT molecular complexity index is 90.2. The largest absolute Gasteiger partial charge is 0.102 e. The molecule has 0 N–H and O–H groups in total. The van der Waals surface area contributed by atoms with E-state index in [1.165, 1.54) is 12.8 Å². The lowest BCUT2D eigenvalue weighted by atomic mass is 10.0. The number of rotatable bonds is 4. The topological polar surface area (TPSA) is 0 Å². The highest BCUT2D eigenvalue weighted by Crippen LogP contribution is 2.07. The van der Waals surface area contributed by atoms with Crippen molar-refractivity contribution in [2.24, 2.45) is 5.92 Å². The summed E-state index contributed by atoms with van der Waals surface area (Å²) in [5.74, 6) is 0.597. The molecule has 0 rings (SSSR count). The van der Waals surface area contributed by atoms with Crippen LogP contribution in [-0.2, 0) is 0 Å². The highest BCUT2D eigenvalue weighted by Gasteiger charge is 1.93. The van der Waals surface area contributed by atoms with Gasteiger partial charge in [0.2, 0.25) is 0 Å². The summed E-state index contributed by atoms with van der Waals surface area (Å²) in [5.41, 5.74) is 0. The van der Waals surface area contributed by atoms with Gasteiger partial charge in [-0.25, -0.2) is 0 Å². The Balaban J connectivity index is 3.53. The zero-order chi connectivity index (χ0) is 7.11. The van der Waals surface area contributed by atoms with Crippen LogP contribution in [0.15, 0.2) is 24.8 Å². The zero-order valence-corrected chi connectivity index (χ0v) is 6.43. The van der Waals surface area contributed by atoms with Gasteiger partial charge in [-0.15, -0.1) is 6.58 Å². The van der Waals surface area contributed by atoms with Crippen LogP contribution in [0.2, 0.25) is 0 Å². The van der Waals surface area contributed by atoms with E-state index in [0.29, 0.717) is 5.92 Å². The monoisotopic (exact) mass is 124 g/mol. The molecule has 0 amide bonds. The maximum atomic E-state index is 3.75. The third-order valence-electron chi connectivity index (χ3n) is 1.36. The molecular formula is C9H16. The van der Waals surface area contributed by atoms with Gasteiger partial charge in [-0.2, -0.15) is 0 Å². The van der Waals surface area contributed by atoms with E-state index in [9.17, 15) is 0 Å². The first-order valence-electron chi connectivity index (χ1n) is 3.60. The Kier molecular flexibility index (Phi) is 5.29.